The number of alkyl carbamates (subject to hydrolysis) is 1. The van der Waals surface area contributed by atoms with Crippen LogP contribution in [0.15, 0.2) is 36.5 Å². The summed E-state index contributed by atoms with van der Waals surface area (Å²) in [7, 11) is 0. The molecule has 1 aliphatic carbocycles. The Balaban J connectivity index is 1.73. The molecule has 1 aliphatic rings. The van der Waals surface area contributed by atoms with E-state index in [1.54, 1.807) is 10.7 Å². The highest BCUT2D eigenvalue weighted by Gasteiger charge is 2.46. The quantitative estimate of drug-likeness (QED) is 0.912. The SMILES string of the molecule is CC(C)(C)OC(=O)NC1(c2ccc(-n3ccc(N)n3)cc2)CC1. The molecule has 1 heterocycles. The molecule has 23 heavy (non-hydrogen) atoms. The molecule has 0 saturated heterocycles. The molecular weight excluding hydrogens is 292 g/mol. The zero-order valence-corrected chi connectivity index (χ0v) is 13.7. The molecule has 3 N–H and O–H groups in total. The van der Waals surface area contributed by atoms with Gasteiger partial charge in [0.25, 0.3) is 0 Å². The Morgan fingerprint density at radius 1 is 1.26 bits per heavy atom. The number of nitrogens with zero attached hydrogens (tertiary/aromatic N) is 2. The van der Waals surface area contributed by atoms with Crippen LogP contribution in [0.2, 0.25) is 0 Å². The number of rotatable bonds is 3. The number of benzene rings is 1. The number of carbonyl (C=O) groups excluding carboxylic acids is 1. The average molecular weight is 314 g/mol. The topological polar surface area (TPSA) is 82.2 Å². The lowest BCUT2D eigenvalue weighted by Gasteiger charge is -2.23. The molecule has 0 spiro atoms. The van der Waals surface area contributed by atoms with Crippen molar-refractivity contribution in [2.24, 2.45) is 0 Å². The second-order valence-electron chi connectivity index (χ2n) is 6.94. The number of hydrogen-bond donors (Lipinski definition) is 2. The van der Waals surface area contributed by atoms with Crippen molar-refractivity contribution in [2.45, 2.75) is 44.8 Å². The highest BCUT2D eigenvalue weighted by molar-refractivity contribution is 5.70. The molecule has 1 amide bonds. The van der Waals surface area contributed by atoms with Crippen LogP contribution in [0.3, 0.4) is 0 Å². The summed E-state index contributed by atoms with van der Waals surface area (Å²) in [4.78, 5) is 12.0. The van der Waals surface area contributed by atoms with Gasteiger partial charge in [-0.15, -0.1) is 0 Å². The molecule has 0 atom stereocenters. The first-order valence-electron chi connectivity index (χ1n) is 7.71. The Labute approximate surface area is 135 Å². The van der Waals surface area contributed by atoms with E-state index < -0.39 is 5.60 Å². The lowest BCUT2D eigenvalue weighted by Crippen LogP contribution is -2.39. The minimum Gasteiger partial charge on any atom is -0.444 e. The van der Waals surface area contributed by atoms with E-state index in [-0.39, 0.29) is 11.6 Å². The van der Waals surface area contributed by atoms with Crippen molar-refractivity contribution >= 4 is 11.9 Å². The third-order valence-corrected chi connectivity index (χ3v) is 3.78. The van der Waals surface area contributed by atoms with Crippen molar-refractivity contribution in [2.75, 3.05) is 5.73 Å². The van der Waals surface area contributed by atoms with Crippen LogP contribution in [-0.2, 0) is 10.3 Å². The van der Waals surface area contributed by atoms with Crippen LogP contribution in [0.4, 0.5) is 10.6 Å². The Kier molecular flexibility index (Phi) is 3.55. The van der Waals surface area contributed by atoms with Crippen molar-refractivity contribution in [3.05, 3.63) is 42.1 Å². The van der Waals surface area contributed by atoms with Crippen LogP contribution >= 0.6 is 0 Å². The van der Waals surface area contributed by atoms with Gasteiger partial charge >= 0.3 is 6.09 Å². The number of ether oxygens (including phenoxy) is 1. The van der Waals surface area contributed by atoms with Gasteiger partial charge in [0.1, 0.15) is 11.4 Å². The van der Waals surface area contributed by atoms with Gasteiger partial charge in [-0.3, -0.25) is 0 Å². The molecule has 3 rings (SSSR count). The van der Waals surface area contributed by atoms with Crippen molar-refractivity contribution in [1.82, 2.24) is 15.1 Å². The fourth-order valence-electron chi connectivity index (χ4n) is 2.52. The van der Waals surface area contributed by atoms with Gasteiger partial charge in [0.2, 0.25) is 0 Å². The summed E-state index contributed by atoms with van der Waals surface area (Å²) >= 11 is 0. The predicted octanol–water partition coefficient (Wildman–Crippen LogP) is 2.97. The molecule has 1 saturated carbocycles. The summed E-state index contributed by atoms with van der Waals surface area (Å²) in [5, 5.41) is 7.18. The van der Waals surface area contributed by atoms with Crippen molar-refractivity contribution < 1.29 is 9.53 Å². The molecule has 0 bridgehead atoms. The third kappa shape index (κ3) is 3.47. The summed E-state index contributed by atoms with van der Waals surface area (Å²) in [6.45, 7) is 5.57. The fourth-order valence-corrected chi connectivity index (χ4v) is 2.52. The van der Waals surface area contributed by atoms with Crippen LogP contribution in [0.25, 0.3) is 5.69 Å². The van der Waals surface area contributed by atoms with Crippen LogP contribution in [-0.4, -0.2) is 21.5 Å². The van der Waals surface area contributed by atoms with E-state index >= 15 is 0 Å². The predicted molar refractivity (Wildman–Crippen MR) is 88.3 cm³/mol. The lowest BCUT2D eigenvalue weighted by atomic mass is 10.0. The largest absolute Gasteiger partial charge is 0.444 e. The number of aromatic nitrogens is 2. The average Bonchev–Trinajstić information content (AvgIpc) is 3.09. The van der Waals surface area contributed by atoms with E-state index in [1.807, 2.05) is 51.2 Å². The molecule has 1 fully saturated rings. The monoisotopic (exact) mass is 314 g/mol. The number of nitrogens with one attached hydrogen (secondary N) is 1. The van der Waals surface area contributed by atoms with Crippen LogP contribution in [0, 0.1) is 0 Å². The lowest BCUT2D eigenvalue weighted by molar-refractivity contribution is 0.0495. The maximum Gasteiger partial charge on any atom is 0.408 e. The molecule has 122 valence electrons. The van der Waals surface area contributed by atoms with Crippen molar-refractivity contribution in [3.63, 3.8) is 0 Å². The van der Waals surface area contributed by atoms with Gasteiger partial charge in [-0.2, -0.15) is 5.10 Å². The smallest absolute Gasteiger partial charge is 0.408 e. The Morgan fingerprint density at radius 2 is 1.91 bits per heavy atom. The van der Waals surface area contributed by atoms with E-state index in [1.165, 1.54) is 0 Å². The molecule has 1 aromatic heterocycles. The highest BCUT2D eigenvalue weighted by atomic mass is 16.6. The summed E-state index contributed by atoms with van der Waals surface area (Å²) < 4.78 is 7.08. The third-order valence-electron chi connectivity index (χ3n) is 3.78. The van der Waals surface area contributed by atoms with E-state index in [0.717, 1.165) is 24.1 Å². The fraction of sp³-hybridized carbons (Fsp3) is 0.412. The zero-order chi connectivity index (χ0) is 16.7. The minimum absolute atomic E-state index is 0.302. The van der Waals surface area contributed by atoms with Gasteiger partial charge < -0.3 is 15.8 Å². The van der Waals surface area contributed by atoms with Crippen LogP contribution in [0.1, 0.15) is 39.2 Å². The van der Waals surface area contributed by atoms with Gasteiger partial charge in [0.05, 0.1) is 11.2 Å². The Morgan fingerprint density at radius 3 is 2.39 bits per heavy atom. The van der Waals surface area contributed by atoms with Crippen LogP contribution < -0.4 is 11.1 Å². The first-order valence-corrected chi connectivity index (χ1v) is 7.71. The van der Waals surface area contributed by atoms with E-state index in [0.29, 0.717) is 5.82 Å². The standard InChI is InChI=1S/C17H22N4O2/c1-16(2,3)23-15(22)19-17(9-10-17)12-4-6-13(7-5-12)21-11-8-14(18)20-21/h4-8,11H,9-10H2,1-3H3,(H2,18,20)(H,19,22). The van der Waals surface area contributed by atoms with E-state index in [9.17, 15) is 4.79 Å². The molecule has 0 aliphatic heterocycles. The molecule has 0 radical (unpaired) electrons. The first-order chi connectivity index (χ1) is 10.8. The number of nitrogens with two attached hydrogens (primary N) is 1. The second kappa shape index (κ2) is 5.30. The summed E-state index contributed by atoms with van der Waals surface area (Å²) in [5.74, 6) is 0.485. The maximum absolute atomic E-state index is 12.0. The molecule has 2 aromatic rings. The van der Waals surface area contributed by atoms with Gasteiger partial charge in [-0.1, -0.05) is 12.1 Å². The molecule has 0 unspecified atom stereocenters. The summed E-state index contributed by atoms with van der Waals surface area (Å²) in [6, 6.07) is 9.72. The second-order valence-corrected chi connectivity index (χ2v) is 6.94. The number of hydrogen-bond acceptors (Lipinski definition) is 4. The van der Waals surface area contributed by atoms with E-state index in [2.05, 4.69) is 10.4 Å². The first kappa shape index (κ1) is 15.4. The molecule has 1 aromatic carbocycles. The molecular formula is C17H22N4O2. The zero-order valence-electron chi connectivity index (χ0n) is 13.7. The van der Waals surface area contributed by atoms with Gasteiger partial charge in [-0.25, -0.2) is 9.48 Å². The number of nitrogen functional groups attached to an aromatic ring is 1. The molecule has 6 heteroatoms. The normalized spacial score (nSPS) is 16.0. The highest BCUT2D eigenvalue weighted by Crippen LogP contribution is 2.45. The minimum atomic E-state index is -0.496. The Bertz CT molecular complexity index is 709. The van der Waals surface area contributed by atoms with Gasteiger partial charge in [-0.05, 0) is 51.3 Å². The summed E-state index contributed by atoms with van der Waals surface area (Å²) in [6.07, 6.45) is 3.27. The van der Waals surface area contributed by atoms with Crippen molar-refractivity contribution in [1.29, 1.82) is 0 Å². The van der Waals surface area contributed by atoms with Crippen LogP contribution in [0.5, 0.6) is 0 Å². The Hall–Kier alpha value is -2.50. The number of anilines is 1. The van der Waals surface area contributed by atoms with Crippen molar-refractivity contribution in [3.8, 4) is 5.69 Å². The van der Waals surface area contributed by atoms with Gasteiger partial charge in [0, 0.05) is 12.3 Å². The maximum atomic E-state index is 12.0. The summed E-state index contributed by atoms with van der Waals surface area (Å²) in [5.41, 5.74) is 6.84. The van der Waals surface area contributed by atoms with Gasteiger partial charge in [0.15, 0.2) is 0 Å². The number of carbonyl (C=O) groups is 1. The van der Waals surface area contributed by atoms with E-state index in [4.69, 9.17) is 10.5 Å². The number of amides is 1. The molecule has 6 nitrogen and oxygen atoms in total.